The van der Waals surface area contributed by atoms with E-state index in [0.717, 1.165) is 11.8 Å². The Balaban J connectivity index is 1.57. The van der Waals surface area contributed by atoms with Crippen molar-refractivity contribution in [2.75, 3.05) is 11.5 Å². The standard InChI is InChI=1S/C39H42FN2OPSSi/c1-30(43-46(39(2,3)4,35-21-13-7-14-22-35)36-23-15-8-16-24-36)37(42-38(45)41-32-27-25-31(40)26-28-32)29-44(33-17-9-5-10-18-33)34-19-11-6-12-20-34/h5-28,30,37H,29H2,1-4H3,(H2,41,42,45). The van der Waals surface area contributed by atoms with Gasteiger partial charge in [0.1, 0.15) is 5.82 Å². The van der Waals surface area contributed by atoms with Gasteiger partial charge in [0.15, 0.2) is 5.11 Å². The first-order valence-corrected chi connectivity index (χ1v) is 19.5. The zero-order valence-corrected chi connectivity index (χ0v) is 29.6. The second kappa shape index (κ2) is 15.3. The molecule has 2 unspecified atom stereocenters. The summed E-state index contributed by atoms with van der Waals surface area (Å²) in [5.41, 5.74) is 0.728. The molecule has 0 heterocycles. The van der Waals surface area contributed by atoms with Gasteiger partial charge >= 0.3 is 0 Å². The summed E-state index contributed by atoms with van der Waals surface area (Å²) in [5.74, 6) is -0.286. The van der Waals surface area contributed by atoms with Gasteiger partial charge in [-0.1, -0.05) is 142 Å². The van der Waals surface area contributed by atoms with Crippen LogP contribution in [0.1, 0.15) is 27.7 Å². The number of benzene rings is 5. The maximum Gasteiger partial charge on any atom is 0.261 e. The highest BCUT2D eigenvalue weighted by Gasteiger charge is 2.51. The van der Waals surface area contributed by atoms with Gasteiger partial charge < -0.3 is 15.1 Å². The van der Waals surface area contributed by atoms with Gasteiger partial charge in [0.25, 0.3) is 8.32 Å². The van der Waals surface area contributed by atoms with Gasteiger partial charge in [0, 0.05) is 5.69 Å². The summed E-state index contributed by atoms with van der Waals surface area (Å²) in [5, 5.41) is 12.3. The highest BCUT2D eigenvalue weighted by molar-refractivity contribution is 7.80. The normalized spacial score (nSPS) is 13.2. The summed E-state index contributed by atoms with van der Waals surface area (Å²) >= 11 is 5.90. The number of rotatable bonds is 11. The molecule has 5 aromatic carbocycles. The molecule has 0 saturated heterocycles. The summed E-state index contributed by atoms with van der Waals surface area (Å²) in [4.78, 5) is 0. The van der Waals surface area contributed by atoms with Crippen molar-refractivity contribution in [1.29, 1.82) is 0 Å². The lowest BCUT2D eigenvalue weighted by atomic mass is 10.2. The van der Waals surface area contributed by atoms with Crippen molar-refractivity contribution >= 4 is 60.2 Å². The van der Waals surface area contributed by atoms with E-state index < -0.39 is 16.2 Å². The average Bonchev–Trinajstić information content (AvgIpc) is 3.07. The summed E-state index contributed by atoms with van der Waals surface area (Å²) in [7, 11) is -3.61. The first-order chi connectivity index (χ1) is 22.2. The lowest BCUT2D eigenvalue weighted by molar-refractivity contribution is 0.176. The molecule has 0 amide bonds. The SMILES string of the molecule is CC(O[Si](c1ccccc1)(c1ccccc1)C(C)(C)C)C(CP(c1ccccc1)c1ccccc1)NC(=S)Nc1ccc(F)cc1. The van der Waals surface area contributed by atoms with Gasteiger partial charge in [-0.3, -0.25) is 0 Å². The van der Waals surface area contributed by atoms with E-state index in [9.17, 15) is 4.39 Å². The summed E-state index contributed by atoms with van der Waals surface area (Å²) < 4.78 is 21.3. The van der Waals surface area contributed by atoms with Crippen molar-refractivity contribution in [2.24, 2.45) is 0 Å². The lowest BCUT2D eigenvalue weighted by Crippen LogP contribution is -2.69. The van der Waals surface area contributed by atoms with Crippen LogP contribution < -0.4 is 31.6 Å². The van der Waals surface area contributed by atoms with Crippen LogP contribution in [0.5, 0.6) is 0 Å². The van der Waals surface area contributed by atoms with E-state index >= 15 is 0 Å². The Bertz CT molecular complexity index is 1590. The highest BCUT2D eigenvalue weighted by Crippen LogP contribution is 2.40. The number of halogens is 1. The van der Waals surface area contributed by atoms with Crippen LogP contribution in [0, 0.1) is 5.82 Å². The molecule has 0 aliphatic carbocycles. The Morgan fingerprint density at radius 1 is 0.717 bits per heavy atom. The van der Waals surface area contributed by atoms with Crippen LogP contribution in [-0.2, 0) is 4.43 Å². The van der Waals surface area contributed by atoms with Gasteiger partial charge in [0.2, 0.25) is 0 Å². The fourth-order valence-electron chi connectivity index (χ4n) is 6.00. The van der Waals surface area contributed by atoms with Crippen LogP contribution in [0.3, 0.4) is 0 Å². The molecule has 5 rings (SSSR count). The molecule has 0 saturated carbocycles. The van der Waals surface area contributed by atoms with Gasteiger partial charge in [-0.15, -0.1) is 0 Å². The maximum absolute atomic E-state index is 13.7. The zero-order valence-electron chi connectivity index (χ0n) is 26.9. The highest BCUT2D eigenvalue weighted by atomic mass is 32.1. The van der Waals surface area contributed by atoms with Crippen molar-refractivity contribution in [3.63, 3.8) is 0 Å². The minimum absolute atomic E-state index is 0.145. The Labute approximate surface area is 281 Å². The summed E-state index contributed by atoms with van der Waals surface area (Å²) in [6.45, 7) is 9.09. The molecule has 0 aliphatic rings. The van der Waals surface area contributed by atoms with Crippen LogP contribution in [0.2, 0.25) is 5.04 Å². The monoisotopic (exact) mass is 664 g/mol. The fraction of sp³-hybridized carbons (Fsp3) is 0.205. The molecular weight excluding hydrogens is 623 g/mol. The number of anilines is 1. The van der Waals surface area contributed by atoms with Crippen molar-refractivity contribution < 1.29 is 8.82 Å². The van der Waals surface area contributed by atoms with Crippen molar-refractivity contribution in [1.82, 2.24) is 5.32 Å². The topological polar surface area (TPSA) is 33.3 Å². The Kier molecular flexibility index (Phi) is 11.2. The second-order valence-electron chi connectivity index (χ2n) is 12.5. The molecule has 0 fully saturated rings. The zero-order chi connectivity index (χ0) is 32.6. The van der Waals surface area contributed by atoms with E-state index in [-0.39, 0.29) is 23.0 Å². The van der Waals surface area contributed by atoms with Crippen molar-refractivity contribution in [3.05, 3.63) is 151 Å². The van der Waals surface area contributed by atoms with Gasteiger partial charge in [0.05, 0.1) is 12.1 Å². The van der Waals surface area contributed by atoms with Crippen LogP contribution in [-0.4, -0.2) is 31.7 Å². The predicted octanol–water partition coefficient (Wildman–Crippen LogP) is 7.58. The number of thiocarbonyl (C=S) groups is 1. The van der Waals surface area contributed by atoms with Gasteiger partial charge in [-0.2, -0.15) is 0 Å². The summed E-state index contributed by atoms with van der Waals surface area (Å²) in [6.07, 6.45) is 0.574. The van der Waals surface area contributed by atoms with Crippen LogP contribution in [0.4, 0.5) is 10.1 Å². The Morgan fingerprint density at radius 2 is 1.15 bits per heavy atom. The first-order valence-electron chi connectivity index (χ1n) is 15.7. The summed E-state index contributed by atoms with van der Waals surface area (Å²) in [6, 6.07) is 49.0. The molecule has 7 heteroatoms. The molecule has 3 nitrogen and oxygen atoms in total. The van der Waals surface area contributed by atoms with E-state index in [1.807, 2.05) is 0 Å². The maximum atomic E-state index is 13.7. The molecule has 0 spiro atoms. The third kappa shape index (κ3) is 7.99. The molecule has 5 aromatic rings. The van der Waals surface area contributed by atoms with Crippen molar-refractivity contribution in [3.8, 4) is 0 Å². The van der Waals surface area contributed by atoms with E-state index in [4.69, 9.17) is 16.6 Å². The molecule has 46 heavy (non-hydrogen) atoms. The second-order valence-corrected chi connectivity index (χ2v) is 19.4. The quantitative estimate of drug-likeness (QED) is 0.0867. The molecule has 0 aliphatic heterocycles. The molecule has 0 radical (unpaired) electrons. The number of hydrogen-bond acceptors (Lipinski definition) is 2. The largest absolute Gasteiger partial charge is 0.403 e. The van der Waals surface area contributed by atoms with Crippen LogP contribution in [0.25, 0.3) is 0 Å². The molecule has 2 N–H and O–H groups in total. The predicted molar refractivity (Wildman–Crippen MR) is 202 cm³/mol. The van der Waals surface area contributed by atoms with E-state index in [2.05, 4.69) is 160 Å². The van der Waals surface area contributed by atoms with Gasteiger partial charge in [-0.25, -0.2) is 4.39 Å². The Morgan fingerprint density at radius 3 is 1.59 bits per heavy atom. The number of nitrogens with one attached hydrogen (secondary N) is 2. The van der Waals surface area contributed by atoms with Crippen LogP contribution >= 0.6 is 20.1 Å². The third-order valence-corrected chi connectivity index (χ3v) is 16.2. The van der Waals surface area contributed by atoms with Gasteiger partial charge in [-0.05, 0) is 83.5 Å². The average molecular weight is 665 g/mol. The fourth-order valence-corrected chi connectivity index (χ4v) is 13.6. The van der Waals surface area contributed by atoms with E-state index in [1.54, 1.807) is 12.1 Å². The van der Waals surface area contributed by atoms with Crippen LogP contribution in [0.15, 0.2) is 146 Å². The lowest BCUT2D eigenvalue weighted by Gasteiger charge is -2.46. The smallest absolute Gasteiger partial charge is 0.261 e. The van der Waals surface area contributed by atoms with E-state index in [0.29, 0.717) is 5.11 Å². The molecular formula is C39H42FN2OPSSi. The molecule has 2 atom stereocenters. The minimum atomic E-state index is -2.85. The molecule has 0 aromatic heterocycles. The molecule has 236 valence electrons. The first kappa shape index (κ1) is 33.7. The third-order valence-electron chi connectivity index (χ3n) is 8.28. The van der Waals surface area contributed by atoms with Crippen molar-refractivity contribution in [2.45, 2.75) is 44.9 Å². The Hall–Kier alpha value is -3.67. The minimum Gasteiger partial charge on any atom is -0.403 e. The number of hydrogen-bond donors (Lipinski definition) is 2. The molecule has 0 bridgehead atoms. The van der Waals surface area contributed by atoms with E-state index in [1.165, 1.54) is 33.1 Å².